The van der Waals surface area contributed by atoms with Gasteiger partial charge in [0.2, 0.25) is 0 Å². The first-order valence-electron chi connectivity index (χ1n) is 6.33. The Bertz CT molecular complexity index is 688. The maximum Gasteiger partial charge on any atom is 0.271 e. The molecule has 0 saturated heterocycles. The van der Waals surface area contributed by atoms with Crippen LogP contribution in [0.5, 0.6) is 0 Å². The van der Waals surface area contributed by atoms with Crippen molar-refractivity contribution in [2.24, 2.45) is 5.10 Å². The number of nitrogens with zero attached hydrogens (tertiary/aromatic N) is 1. The molecule has 2 rings (SSSR count). The van der Waals surface area contributed by atoms with Crippen molar-refractivity contribution in [3.8, 4) is 0 Å². The second-order valence-electron chi connectivity index (χ2n) is 4.62. The Hall–Kier alpha value is -1.46. The lowest BCUT2D eigenvalue weighted by Gasteiger charge is -2.04. The normalized spacial score (nSPS) is 10.9. The number of hydrogen-bond acceptors (Lipinski definition) is 2. The number of hydrazone groups is 1. The molecule has 0 aliphatic rings. The Kier molecular flexibility index (Phi) is 5.31. The van der Waals surface area contributed by atoms with Gasteiger partial charge in [-0.1, -0.05) is 50.1 Å². The van der Waals surface area contributed by atoms with Crippen LogP contribution in [0.3, 0.4) is 0 Å². The Morgan fingerprint density at radius 2 is 1.76 bits per heavy atom. The molecule has 1 N–H and O–H groups in total. The average Bonchev–Trinajstić information content (AvgIpc) is 2.45. The minimum Gasteiger partial charge on any atom is -0.267 e. The molecule has 0 spiro atoms. The number of amides is 1. The molecule has 2 aromatic carbocycles. The molecule has 0 saturated carbocycles. The Morgan fingerprint density at radius 3 is 2.38 bits per heavy atom. The highest BCUT2D eigenvalue weighted by Gasteiger charge is 2.06. The molecule has 0 heterocycles. The summed E-state index contributed by atoms with van der Waals surface area (Å²) in [6.45, 7) is 3.90. The summed E-state index contributed by atoms with van der Waals surface area (Å²) in [5.74, 6) is -0.213. The summed E-state index contributed by atoms with van der Waals surface area (Å²) >= 11 is 6.97. The van der Waals surface area contributed by atoms with Crippen molar-refractivity contribution in [1.82, 2.24) is 5.43 Å². The maximum atomic E-state index is 12.0. The highest BCUT2D eigenvalue weighted by atomic mass is 79.9. The summed E-state index contributed by atoms with van der Waals surface area (Å²) < 4.78 is 1.98. The first-order valence-corrected chi connectivity index (χ1v) is 7.92. The Balaban J connectivity index is 2.10. The van der Waals surface area contributed by atoms with Crippen LogP contribution >= 0.6 is 31.9 Å². The highest BCUT2D eigenvalue weighted by molar-refractivity contribution is 9.11. The molecule has 2 aromatic rings. The standard InChI is InChI=1S/C16H14Br2N2O/c1-10-5-3-4-6-13(10)16(21)20-19-9-12-7-14(17)11(2)15(18)8-12/h3-9H,1-2H3,(H,20,21)/b19-9-. The summed E-state index contributed by atoms with van der Waals surface area (Å²) in [4.78, 5) is 12.0. The molecule has 0 bridgehead atoms. The lowest BCUT2D eigenvalue weighted by molar-refractivity contribution is 0.0954. The molecule has 0 radical (unpaired) electrons. The van der Waals surface area contributed by atoms with Crippen LogP contribution in [-0.4, -0.2) is 12.1 Å². The van der Waals surface area contributed by atoms with Crippen LogP contribution < -0.4 is 5.43 Å². The van der Waals surface area contributed by atoms with Crippen LogP contribution in [0, 0.1) is 13.8 Å². The van der Waals surface area contributed by atoms with Crippen LogP contribution in [-0.2, 0) is 0 Å². The third-order valence-corrected chi connectivity index (χ3v) is 4.72. The number of aryl methyl sites for hydroxylation is 1. The smallest absolute Gasteiger partial charge is 0.267 e. The molecule has 0 atom stereocenters. The number of carbonyl (C=O) groups is 1. The number of carbonyl (C=O) groups excluding carboxylic acids is 1. The molecule has 0 aromatic heterocycles. The van der Waals surface area contributed by atoms with Crippen molar-refractivity contribution in [1.29, 1.82) is 0 Å². The summed E-state index contributed by atoms with van der Waals surface area (Å²) in [5.41, 5.74) is 6.10. The van der Waals surface area contributed by atoms with Gasteiger partial charge in [0, 0.05) is 14.5 Å². The average molecular weight is 410 g/mol. The molecule has 3 nitrogen and oxygen atoms in total. The second-order valence-corrected chi connectivity index (χ2v) is 6.33. The zero-order valence-corrected chi connectivity index (χ0v) is 14.8. The van der Waals surface area contributed by atoms with E-state index in [1.54, 1.807) is 12.3 Å². The van der Waals surface area contributed by atoms with Crippen molar-refractivity contribution in [2.75, 3.05) is 0 Å². The third-order valence-electron chi connectivity index (χ3n) is 3.07. The van der Waals surface area contributed by atoms with Gasteiger partial charge in [0.05, 0.1) is 6.21 Å². The molecular weight excluding hydrogens is 396 g/mol. The van der Waals surface area contributed by atoms with E-state index in [1.807, 2.05) is 44.2 Å². The van der Waals surface area contributed by atoms with Crippen molar-refractivity contribution in [3.63, 3.8) is 0 Å². The SMILES string of the molecule is Cc1ccccc1C(=O)N/N=C\c1cc(Br)c(C)c(Br)c1. The monoisotopic (exact) mass is 408 g/mol. The van der Waals surface area contributed by atoms with E-state index in [2.05, 4.69) is 42.4 Å². The van der Waals surface area contributed by atoms with Crippen LogP contribution in [0.25, 0.3) is 0 Å². The van der Waals surface area contributed by atoms with Gasteiger partial charge in [-0.2, -0.15) is 5.10 Å². The molecular formula is C16H14Br2N2O. The van der Waals surface area contributed by atoms with Crippen molar-refractivity contribution >= 4 is 44.0 Å². The minimum atomic E-state index is -0.213. The largest absolute Gasteiger partial charge is 0.271 e. The van der Waals surface area contributed by atoms with E-state index in [-0.39, 0.29) is 5.91 Å². The number of rotatable bonds is 3. The number of halogens is 2. The van der Waals surface area contributed by atoms with Crippen molar-refractivity contribution in [2.45, 2.75) is 13.8 Å². The van der Waals surface area contributed by atoms with Crippen LogP contribution in [0.2, 0.25) is 0 Å². The fraction of sp³-hybridized carbons (Fsp3) is 0.125. The van der Waals surface area contributed by atoms with Crippen LogP contribution in [0.4, 0.5) is 0 Å². The lowest BCUT2D eigenvalue weighted by atomic mass is 10.1. The number of benzene rings is 2. The van der Waals surface area contributed by atoms with Gasteiger partial charge in [-0.25, -0.2) is 5.43 Å². The van der Waals surface area contributed by atoms with Gasteiger partial charge in [-0.05, 0) is 48.7 Å². The fourth-order valence-corrected chi connectivity index (χ4v) is 3.01. The van der Waals surface area contributed by atoms with Gasteiger partial charge in [-0.15, -0.1) is 0 Å². The van der Waals surface area contributed by atoms with E-state index in [1.165, 1.54) is 0 Å². The van der Waals surface area contributed by atoms with Crippen molar-refractivity contribution in [3.05, 3.63) is 67.6 Å². The lowest BCUT2D eigenvalue weighted by Crippen LogP contribution is -2.18. The number of nitrogens with one attached hydrogen (secondary N) is 1. The minimum absolute atomic E-state index is 0.213. The first kappa shape index (κ1) is 15.9. The van der Waals surface area contributed by atoms with E-state index >= 15 is 0 Å². The molecule has 0 aliphatic heterocycles. The molecule has 5 heteroatoms. The molecule has 0 aliphatic carbocycles. The van der Waals surface area contributed by atoms with E-state index in [4.69, 9.17) is 0 Å². The molecule has 21 heavy (non-hydrogen) atoms. The summed E-state index contributed by atoms with van der Waals surface area (Å²) in [6, 6.07) is 11.3. The Labute approximate surface area is 140 Å². The molecule has 0 fully saturated rings. The van der Waals surface area contributed by atoms with Gasteiger partial charge in [0.25, 0.3) is 5.91 Å². The summed E-state index contributed by atoms with van der Waals surface area (Å²) in [5, 5.41) is 4.00. The third kappa shape index (κ3) is 4.02. The van der Waals surface area contributed by atoms with Gasteiger partial charge in [-0.3, -0.25) is 4.79 Å². The quantitative estimate of drug-likeness (QED) is 0.584. The maximum absolute atomic E-state index is 12.0. The molecule has 0 unspecified atom stereocenters. The fourth-order valence-electron chi connectivity index (χ4n) is 1.79. The van der Waals surface area contributed by atoms with Gasteiger partial charge >= 0.3 is 0 Å². The predicted octanol–water partition coefficient (Wildman–Crippen LogP) is 4.59. The summed E-state index contributed by atoms with van der Waals surface area (Å²) in [7, 11) is 0. The summed E-state index contributed by atoms with van der Waals surface area (Å²) in [6.07, 6.45) is 1.62. The number of hydrogen-bond donors (Lipinski definition) is 1. The van der Waals surface area contributed by atoms with E-state index in [9.17, 15) is 4.79 Å². The van der Waals surface area contributed by atoms with E-state index < -0.39 is 0 Å². The van der Waals surface area contributed by atoms with Gasteiger partial charge in [0.15, 0.2) is 0 Å². The zero-order valence-electron chi connectivity index (χ0n) is 11.7. The van der Waals surface area contributed by atoms with E-state index in [0.717, 1.165) is 25.6 Å². The topological polar surface area (TPSA) is 41.5 Å². The molecule has 108 valence electrons. The van der Waals surface area contributed by atoms with Gasteiger partial charge in [0.1, 0.15) is 0 Å². The predicted molar refractivity (Wildman–Crippen MR) is 92.8 cm³/mol. The second kappa shape index (κ2) is 7.00. The Morgan fingerprint density at radius 1 is 1.14 bits per heavy atom. The highest BCUT2D eigenvalue weighted by Crippen LogP contribution is 2.25. The zero-order chi connectivity index (χ0) is 15.4. The van der Waals surface area contributed by atoms with E-state index in [0.29, 0.717) is 5.56 Å². The van der Waals surface area contributed by atoms with Gasteiger partial charge < -0.3 is 0 Å². The molecule has 1 amide bonds. The van der Waals surface area contributed by atoms with Crippen molar-refractivity contribution < 1.29 is 4.79 Å². The first-order chi connectivity index (χ1) is 9.99. The van der Waals surface area contributed by atoms with Crippen LogP contribution in [0.1, 0.15) is 27.0 Å². The van der Waals surface area contributed by atoms with Crippen LogP contribution in [0.15, 0.2) is 50.4 Å².